The molecule has 0 radical (unpaired) electrons. The van der Waals surface area contributed by atoms with Crippen LogP contribution < -0.4 is 15.6 Å². The number of piperazine rings is 1. The van der Waals surface area contributed by atoms with E-state index in [0.717, 1.165) is 103 Å². The largest absolute Gasteiger partial charge is 0.368 e. The molecule has 0 spiro atoms. The number of nitrogens with zero attached hydrogens (tertiary/aromatic N) is 8. The van der Waals surface area contributed by atoms with Crippen molar-refractivity contribution in [3.63, 3.8) is 0 Å². The van der Waals surface area contributed by atoms with Crippen molar-refractivity contribution in [2.24, 2.45) is 11.3 Å². The molecule has 8 rings (SSSR count). The van der Waals surface area contributed by atoms with Gasteiger partial charge in [-0.1, -0.05) is 102 Å². The molecule has 4 fully saturated rings. The van der Waals surface area contributed by atoms with Crippen LogP contribution in [0.25, 0.3) is 33.3 Å². The highest BCUT2D eigenvalue weighted by molar-refractivity contribution is 7.79. The average Bonchev–Trinajstić information content (AvgIpc) is 2.79. The Morgan fingerprint density at radius 3 is 2.13 bits per heavy atom. The van der Waals surface area contributed by atoms with E-state index in [-0.39, 0.29) is 11.5 Å². The number of fused-ring (bicyclic) bond motifs is 1. The zero-order valence-corrected chi connectivity index (χ0v) is 55.1. The molecular weight excluding hydrogens is 1020 g/mol. The summed E-state index contributed by atoms with van der Waals surface area (Å²) in [5.74, 6) is 0.997. The molecule has 3 saturated heterocycles. The lowest BCUT2D eigenvalue weighted by atomic mass is 9.78. The number of aryl methyl sites for hydroxylation is 1. The maximum Gasteiger partial charge on any atom is 0.0560 e. The fraction of sp³-hybridized carbons (Fsp3) is 0.592. The van der Waals surface area contributed by atoms with Crippen LogP contribution in [0.15, 0.2) is 111 Å². The predicted octanol–water partition coefficient (Wildman–Crippen LogP) is 14.5. The van der Waals surface area contributed by atoms with E-state index in [9.17, 15) is 0 Å². The number of rotatable bonds is 24. The molecule has 5 heterocycles. The topological polar surface area (TPSA) is 61.3 Å². The van der Waals surface area contributed by atoms with E-state index in [4.69, 9.17) is 4.98 Å². The van der Waals surface area contributed by atoms with Crippen LogP contribution in [0.5, 0.6) is 0 Å². The van der Waals surface area contributed by atoms with Crippen LogP contribution in [0.3, 0.4) is 0 Å². The monoisotopic (exact) mass is 1140 g/mol. The standard InChI is InChI=1S/C59H87N9.C8H17N.C3H6.CH4S/c1-12-42(5)57-53(39-51(41-61-57)66-32-30-65(31-33-66)50-21-22-50)58-54(40-59(7,8)26-24-43(6)55-19-17-27-63(10)62-55)52-38-46(20-23-56(52)67(58)15-4)47-35-44(34-45(36-47)37-48(13-2)60-9)25-29-68-49(14-3)18-16-28-64(68)11;1-6-8(7(2)3)9(4)5;1-3-2;1-2/h13-14,20,23,34-36,38-39,41-42,48-50,55,60,62H,2-3,6,12,15-19,21-22,24-33,37,40H2,1,4-5,7-11H3;6-8H,1H2,2-5H3;3H,1H2,2H3;2H,1H3/t42?,48?,49?,55-;8-;;/m01../s1. The van der Waals surface area contributed by atoms with Gasteiger partial charge in [0.25, 0.3) is 0 Å². The van der Waals surface area contributed by atoms with Gasteiger partial charge in [0.05, 0.1) is 23.3 Å². The zero-order chi connectivity index (χ0) is 60.3. The quantitative estimate of drug-likeness (QED) is 0.0470. The van der Waals surface area contributed by atoms with Crippen molar-refractivity contribution in [1.82, 2.24) is 45.1 Å². The van der Waals surface area contributed by atoms with Crippen LogP contribution in [0.4, 0.5) is 5.69 Å². The van der Waals surface area contributed by atoms with E-state index in [1.165, 1.54) is 99.0 Å². The van der Waals surface area contributed by atoms with Gasteiger partial charge in [0.1, 0.15) is 0 Å². The average molecular weight is 1140 g/mol. The Balaban J connectivity index is 0.000000789. The number of thiol groups is 1. The number of nitrogens with one attached hydrogen (secondary N) is 2. The number of benzene rings is 2. The Kier molecular flexibility index (Phi) is 27.9. The van der Waals surface area contributed by atoms with Gasteiger partial charge in [-0.2, -0.15) is 12.6 Å². The molecule has 454 valence electrons. The van der Waals surface area contributed by atoms with Gasteiger partial charge in [0.15, 0.2) is 0 Å². The van der Waals surface area contributed by atoms with Crippen molar-refractivity contribution in [3.05, 3.63) is 134 Å². The highest BCUT2D eigenvalue weighted by Crippen LogP contribution is 2.44. The summed E-state index contributed by atoms with van der Waals surface area (Å²) in [7, 11) is 10.6. The molecule has 2 aromatic carbocycles. The minimum atomic E-state index is 0.0205. The number of likely N-dealkylation sites (N-methyl/N-ethyl adjacent to an activating group) is 2. The molecule has 0 amide bonds. The second kappa shape index (κ2) is 33.4. The van der Waals surface area contributed by atoms with Crippen molar-refractivity contribution in [3.8, 4) is 22.4 Å². The summed E-state index contributed by atoms with van der Waals surface area (Å²) in [6.07, 6.45) is 25.3. The molecule has 1 saturated carbocycles. The van der Waals surface area contributed by atoms with E-state index < -0.39 is 0 Å². The second-order valence-corrected chi connectivity index (χ2v) is 25.2. The highest BCUT2D eigenvalue weighted by Gasteiger charge is 2.33. The van der Waals surface area contributed by atoms with Gasteiger partial charge < -0.3 is 19.7 Å². The van der Waals surface area contributed by atoms with Crippen molar-refractivity contribution in [2.45, 2.75) is 175 Å². The lowest BCUT2D eigenvalue weighted by Gasteiger charge is -2.41. The number of anilines is 1. The van der Waals surface area contributed by atoms with Crippen molar-refractivity contribution in [1.29, 1.82) is 0 Å². The number of pyridine rings is 1. The maximum absolute atomic E-state index is 5.44. The molecule has 2 N–H and O–H groups in total. The molecule has 82 heavy (non-hydrogen) atoms. The van der Waals surface area contributed by atoms with E-state index >= 15 is 0 Å². The molecule has 3 aliphatic heterocycles. The number of allylic oxidation sites excluding steroid dienone is 1. The van der Waals surface area contributed by atoms with Gasteiger partial charge in [-0.05, 0) is 182 Å². The normalized spacial score (nSPS) is 19.5. The van der Waals surface area contributed by atoms with Crippen molar-refractivity contribution in [2.75, 3.05) is 92.2 Å². The lowest BCUT2D eigenvalue weighted by molar-refractivity contribution is -0.0528. The summed E-state index contributed by atoms with van der Waals surface area (Å²) in [4.78, 5) is 12.9. The molecule has 10 nitrogen and oxygen atoms in total. The summed E-state index contributed by atoms with van der Waals surface area (Å²) in [5, 5.41) is 12.1. The SMILES string of the molecule is C=CC.C=CC(Cc1cc(CCN2C(C=C)CCCN2C)cc(-c2ccc3c(c2)c(CC(C)(C)CCC(=C)[C@@H]2CCCN(C)N2)c(-c2cc(N4CCN(C5CC5)CC4)cnc2C(C)CC)n3CC)c1)NC.C=C[C@H](C(C)C)N(C)C.CS. The van der Waals surface area contributed by atoms with Gasteiger partial charge in [0, 0.05) is 113 Å². The van der Waals surface area contributed by atoms with Gasteiger partial charge >= 0.3 is 0 Å². The number of hydrazine groups is 2. The third-order valence-electron chi connectivity index (χ3n) is 17.8. The van der Waals surface area contributed by atoms with E-state index in [0.29, 0.717) is 30.0 Å². The second-order valence-electron chi connectivity index (χ2n) is 25.2. The third kappa shape index (κ3) is 18.6. The molecule has 4 aliphatic rings. The highest BCUT2D eigenvalue weighted by atomic mass is 32.1. The lowest BCUT2D eigenvalue weighted by Crippen LogP contribution is -2.50. The smallest absolute Gasteiger partial charge is 0.0560 e. The van der Waals surface area contributed by atoms with Gasteiger partial charge in [-0.15, -0.1) is 26.3 Å². The molecule has 4 aromatic rings. The Morgan fingerprint density at radius 2 is 1.56 bits per heavy atom. The molecular formula is C71H114N10S. The molecule has 5 atom stereocenters. The number of aromatic nitrogens is 2. The minimum absolute atomic E-state index is 0.0205. The first-order chi connectivity index (χ1) is 39.3. The molecule has 11 heteroatoms. The first-order valence-corrected chi connectivity index (χ1v) is 32.4. The maximum atomic E-state index is 5.44. The Morgan fingerprint density at radius 1 is 0.878 bits per heavy atom. The predicted molar refractivity (Wildman–Crippen MR) is 363 cm³/mol. The van der Waals surface area contributed by atoms with E-state index in [1.807, 2.05) is 26.1 Å². The molecule has 3 unspecified atom stereocenters. The fourth-order valence-electron chi connectivity index (χ4n) is 12.8. The number of hydrogen-bond acceptors (Lipinski definition) is 10. The Hall–Kier alpha value is -4.30. The van der Waals surface area contributed by atoms with Crippen LogP contribution in [0, 0.1) is 11.3 Å². The molecule has 2 aromatic heterocycles. The van der Waals surface area contributed by atoms with Gasteiger partial charge in [0.2, 0.25) is 0 Å². The minimum Gasteiger partial charge on any atom is -0.368 e. The summed E-state index contributed by atoms with van der Waals surface area (Å²) in [6.45, 7) is 47.0. The van der Waals surface area contributed by atoms with Crippen molar-refractivity contribution < 1.29 is 0 Å². The van der Waals surface area contributed by atoms with Crippen LogP contribution in [-0.2, 0) is 25.8 Å². The zero-order valence-electron chi connectivity index (χ0n) is 54.2. The van der Waals surface area contributed by atoms with E-state index in [1.54, 1.807) is 12.3 Å². The van der Waals surface area contributed by atoms with Crippen LogP contribution in [0.1, 0.15) is 141 Å². The fourth-order valence-corrected chi connectivity index (χ4v) is 12.8. The third-order valence-corrected chi connectivity index (χ3v) is 17.8. The summed E-state index contributed by atoms with van der Waals surface area (Å²) < 4.78 is 2.64. The van der Waals surface area contributed by atoms with E-state index in [2.05, 4.69) is 222 Å². The van der Waals surface area contributed by atoms with Gasteiger partial charge in [-0.3, -0.25) is 9.88 Å². The summed E-state index contributed by atoms with van der Waals surface area (Å²) in [5.41, 5.74) is 18.3. The van der Waals surface area contributed by atoms with Crippen LogP contribution in [-0.4, -0.2) is 152 Å². The Labute approximate surface area is 506 Å². The molecule has 0 bridgehead atoms. The first-order valence-electron chi connectivity index (χ1n) is 31.5. The summed E-state index contributed by atoms with van der Waals surface area (Å²) in [6, 6.07) is 19.5. The van der Waals surface area contributed by atoms with Crippen molar-refractivity contribution >= 4 is 29.2 Å². The van der Waals surface area contributed by atoms with Crippen LogP contribution >= 0.6 is 12.6 Å². The number of hydrogen-bond donors (Lipinski definition) is 3. The summed E-state index contributed by atoms with van der Waals surface area (Å²) >= 11 is 3.53. The van der Waals surface area contributed by atoms with Gasteiger partial charge in [-0.25, -0.2) is 20.5 Å². The molecule has 1 aliphatic carbocycles. The Bertz CT molecular complexity index is 2630. The first kappa shape index (κ1) is 68.5. The van der Waals surface area contributed by atoms with Crippen LogP contribution in [0.2, 0.25) is 0 Å².